The Balaban J connectivity index is 3.01. The molecular weight excluding hydrogens is 295 g/mol. The van der Waals surface area contributed by atoms with Crippen LogP contribution < -0.4 is 4.74 Å². The van der Waals surface area contributed by atoms with Crippen LogP contribution in [0, 0.1) is 6.92 Å². The standard InChI is InChI=1S/C10H9IO3/c1-6-5-8(10(11)13)3-4-9(6)14-7(2)12/h3-5H,1-2H3. The second-order valence-corrected chi connectivity index (χ2v) is 3.83. The number of hydrogen-bond acceptors (Lipinski definition) is 3. The summed E-state index contributed by atoms with van der Waals surface area (Å²) in [5.41, 5.74) is 1.39. The molecular formula is C10H9IO3. The van der Waals surface area contributed by atoms with Gasteiger partial charge in [0.25, 0.3) is 0 Å². The molecule has 0 unspecified atom stereocenters. The van der Waals surface area contributed by atoms with Gasteiger partial charge in [0.1, 0.15) is 5.75 Å². The fraction of sp³-hybridized carbons (Fsp3) is 0.200. The first-order chi connectivity index (χ1) is 6.50. The van der Waals surface area contributed by atoms with Crippen molar-refractivity contribution in [1.29, 1.82) is 0 Å². The summed E-state index contributed by atoms with van der Waals surface area (Å²) in [5.74, 6) is 0.139. The molecule has 0 N–H and O–H groups in total. The second kappa shape index (κ2) is 4.54. The number of aryl methyl sites for hydroxylation is 1. The van der Waals surface area contributed by atoms with Crippen LogP contribution in [0.15, 0.2) is 18.2 Å². The number of carbonyl (C=O) groups is 2. The SMILES string of the molecule is CC(=O)Oc1ccc(C(=O)I)cc1C. The summed E-state index contributed by atoms with van der Waals surface area (Å²) in [4.78, 5) is 21.7. The Morgan fingerprint density at radius 3 is 2.43 bits per heavy atom. The minimum atomic E-state index is -0.360. The molecule has 0 spiro atoms. The predicted molar refractivity (Wildman–Crippen MR) is 60.8 cm³/mol. The van der Waals surface area contributed by atoms with E-state index in [0.717, 1.165) is 5.56 Å². The lowest BCUT2D eigenvalue weighted by Gasteiger charge is -2.05. The lowest BCUT2D eigenvalue weighted by Crippen LogP contribution is -2.03. The van der Waals surface area contributed by atoms with Gasteiger partial charge in [-0.2, -0.15) is 0 Å². The quantitative estimate of drug-likeness (QED) is 0.365. The second-order valence-electron chi connectivity index (χ2n) is 2.85. The van der Waals surface area contributed by atoms with Gasteiger partial charge >= 0.3 is 5.97 Å². The van der Waals surface area contributed by atoms with Crippen LogP contribution in [0.2, 0.25) is 0 Å². The van der Waals surface area contributed by atoms with Crippen LogP contribution in [-0.2, 0) is 4.79 Å². The molecule has 4 heteroatoms. The third-order valence-electron chi connectivity index (χ3n) is 1.66. The van der Waals surface area contributed by atoms with Crippen molar-refractivity contribution in [1.82, 2.24) is 0 Å². The van der Waals surface area contributed by atoms with E-state index < -0.39 is 0 Å². The summed E-state index contributed by atoms with van der Waals surface area (Å²) in [6.07, 6.45) is 0. The molecule has 0 fully saturated rings. The Bertz CT molecular complexity index is 385. The molecule has 0 aliphatic carbocycles. The molecule has 0 saturated carbocycles. The Kier molecular flexibility index (Phi) is 3.62. The Morgan fingerprint density at radius 2 is 2.00 bits per heavy atom. The van der Waals surface area contributed by atoms with Gasteiger partial charge in [-0.15, -0.1) is 0 Å². The lowest BCUT2D eigenvalue weighted by atomic mass is 10.1. The number of hydrogen-bond donors (Lipinski definition) is 0. The molecule has 14 heavy (non-hydrogen) atoms. The van der Waals surface area contributed by atoms with Crippen molar-refractivity contribution in [3.63, 3.8) is 0 Å². The molecule has 0 aliphatic heterocycles. The number of halogens is 1. The highest BCUT2D eigenvalue weighted by Gasteiger charge is 2.06. The van der Waals surface area contributed by atoms with E-state index in [1.807, 2.05) is 0 Å². The minimum Gasteiger partial charge on any atom is -0.426 e. The summed E-state index contributed by atoms with van der Waals surface area (Å²) >= 11 is 1.72. The number of esters is 1. The van der Waals surface area contributed by atoms with Gasteiger partial charge in [0.2, 0.25) is 3.79 Å². The van der Waals surface area contributed by atoms with Crippen LogP contribution in [0.25, 0.3) is 0 Å². The molecule has 0 aliphatic rings. The number of rotatable bonds is 2. The lowest BCUT2D eigenvalue weighted by molar-refractivity contribution is -0.131. The van der Waals surface area contributed by atoms with Crippen LogP contribution in [0.4, 0.5) is 0 Å². The van der Waals surface area contributed by atoms with Gasteiger partial charge in [0.05, 0.1) is 0 Å². The number of carbonyl (C=O) groups excluding carboxylic acids is 2. The fourth-order valence-electron chi connectivity index (χ4n) is 1.04. The third-order valence-corrected chi connectivity index (χ3v) is 2.28. The summed E-state index contributed by atoms with van der Waals surface area (Å²) in [7, 11) is 0. The highest BCUT2D eigenvalue weighted by molar-refractivity contribution is 14.1. The van der Waals surface area contributed by atoms with E-state index in [-0.39, 0.29) is 9.76 Å². The molecule has 74 valence electrons. The normalized spacial score (nSPS) is 9.64. The fourth-order valence-corrected chi connectivity index (χ4v) is 1.38. The first-order valence-corrected chi connectivity index (χ1v) is 5.07. The largest absolute Gasteiger partial charge is 0.426 e. The molecule has 0 amide bonds. The monoisotopic (exact) mass is 304 g/mol. The van der Waals surface area contributed by atoms with Crippen LogP contribution in [0.5, 0.6) is 5.75 Å². The molecule has 1 aromatic carbocycles. The first kappa shape index (κ1) is 11.2. The van der Waals surface area contributed by atoms with E-state index in [1.165, 1.54) is 6.92 Å². The van der Waals surface area contributed by atoms with Crippen molar-refractivity contribution in [2.24, 2.45) is 0 Å². The van der Waals surface area contributed by atoms with E-state index in [1.54, 1.807) is 47.7 Å². The Hall–Kier alpha value is -0.910. The molecule has 0 atom stereocenters. The van der Waals surface area contributed by atoms with E-state index >= 15 is 0 Å². The Labute approximate surface area is 95.6 Å². The zero-order valence-electron chi connectivity index (χ0n) is 7.83. The molecule has 0 saturated heterocycles. The maximum absolute atomic E-state index is 11.0. The van der Waals surface area contributed by atoms with Crippen molar-refractivity contribution in [3.8, 4) is 5.75 Å². The van der Waals surface area contributed by atoms with E-state index in [9.17, 15) is 9.59 Å². The van der Waals surface area contributed by atoms with Crippen molar-refractivity contribution in [2.45, 2.75) is 13.8 Å². The van der Waals surface area contributed by atoms with Crippen LogP contribution >= 0.6 is 22.6 Å². The highest BCUT2D eigenvalue weighted by atomic mass is 127. The highest BCUT2D eigenvalue weighted by Crippen LogP contribution is 2.20. The van der Waals surface area contributed by atoms with Gasteiger partial charge < -0.3 is 4.74 Å². The van der Waals surface area contributed by atoms with Gasteiger partial charge in [0.15, 0.2) is 0 Å². The van der Waals surface area contributed by atoms with Crippen molar-refractivity contribution in [2.75, 3.05) is 0 Å². The average Bonchev–Trinajstić information content (AvgIpc) is 2.07. The summed E-state index contributed by atoms with van der Waals surface area (Å²) in [6, 6.07) is 4.97. The molecule has 1 aromatic rings. The molecule has 0 heterocycles. The minimum absolute atomic E-state index is 0.0277. The maximum Gasteiger partial charge on any atom is 0.308 e. The Morgan fingerprint density at radius 1 is 1.36 bits per heavy atom. The van der Waals surface area contributed by atoms with Gasteiger partial charge in [-0.1, -0.05) is 0 Å². The van der Waals surface area contributed by atoms with E-state index in [2.05, 4.69) is 0 Å². The summed E-state index contributed by atoms with van der Waals surface area (Å²) in [5, 5.41) is 0. The summed E-state index contributed by atoms with van der Waals surface area (Å²) in [6.45, 7) is 3.14. The van der Waals surface area contributed by atoms with Gasteiger partial charge in [0, 0.05) is 35.1 Å². The van der Waals surface area contributed by atoms with E-state index in [0.29, 0.717) is 11.3 Å². The van der Waals surface area contributed by atoms with Crippen LogP contribution in [-0.4, -0.2) is 9.76 Å². The number of benzene rings is 1. The predicted octanol–water partition coefficient (Wildman–Crippen LogP) is 2.50. The molecule has 0 aromatic heterocycles. The van der Waals surface area contributed by atoms with Gasteiger partial charge in [-0.3, -0.25) is 9.59 Å². The van der Waals surface area contributed by atoms with Crippen molar-refractivity contribution in [3.05, 3.63) is 29.3 Å². The van der Waals surface area contributed by atoms with Crippen LogP contribution in [0.3, 0.4) is 0 Å². The topological polar surface area (TPSA) is 43.4 Å². The molecule has 0 radical (unpaired) electrons. The zero-order valence-corrected chi connectivity index (χ0v) is 9.99. The number of ether oxygens (including phenoxy) is 1. The van der Waals surface area contributed by atoms with Gasteiger partial charge in [-0.05, 0) is 30.7 Å². The van der Waals surface area contributed by atoms with Crippen molar-refractivity contribution < 1.29 is 14.3 Å². The summed E-state index contributed by atoms with van der Waals surface area (Å²) < 4.78 is 4.90. The molecule has 3 nitrogen and oxygen atoms in total. The van der Waals surface area contributed by atoms with Crippen LogP contribution in [0.1, 0.15) is 22.8 Å². The third kappa shape index (κ3) is 2.80. The molecule has 1 rings (SSSR count). The maximum atomic E-state index is 11.0. The van der Waals surface area contributed by atoms with E-state index in [4.69, 9.17) is 4.74 Å². The van der Waals surface area contributed by atoms with Crippen molar-refractivity contribution >= 4 is 32.4 Å². The first-order valence-electron chi connectivity index (χ1n) is 3.99. The van der Waals surface area contributed by atoms with Gasteiger partial charge in [-0.25, -0.2) is 0 Å². The zero-order chi connectivity index (χ0) is 10.7. The smallest absolute Gasteiger partial charge is 0.308 e. The average molecular weight is 304 g/mol. The molecule has 0 bridgehead atoms.